The number of halogens is 3. The van der Waals surface area contributed by atoms with E-state index >= 15 is 0 Å². The van der Waals surface area contributed by atoms with Crippen LogP contribution in [-0.4, -0.2) is 39.5 Å². The van der Waals surface area contributed by atoms with Gasteiger partial charge in [0.25, 0.3) is 0 Å². The molecule has 0 saturated heterocycles. The molecule has 1 atom stereocenters. The largest absolute Gasteiger partial charge is 0.491 e. The lowest BCUT2D eigenvalue weighted by Gasteiger charge is -2.23. The van der Waals surface area contributed by atoms with Gasteiger partial charge >= 0.3 is 6.18 Å². The summed E-state index contributed by atoms with van der Waals surface area (Å²) < 4.78 is 47.8. The number of ether oxygens (including phenoxy) is 1. The van der Waals surface area contributed by atoms with Gasteiger partial charge in [-0.25, -0.2) is 0 Å². The molecule has 1 aromatic heterocycles. The lowest BCUT2D eigenvalue weighted by atomic mass is 10.1. The van der Waals surface area contributed by atoms with E-state index in [1.54, 1.807) is 12.1 Å². The molecule has 0 aliphatic rings. The van der Waals surface area contributed by atoms with E-state index in [4.69, 9.17) is 4.74 Å². The van der Waals surface area contributed by atoms with Crippen LogP contribution in [0, 0.1) is 0 Å². The average Bonchev–Trinajstić information content (AvgIpc) is 3.00. The van der Waals surface area contributed by atoms with Crippen LogP contribution in [0.25, 0.3) is 11.3 Å². The Morgan fingerprint density at radius 1 is 1.28 bits per heavy atom. The maximum absolute atomic E-state index is 13.0. The number of nitrogens with zero attached hydrogens (tertiary/aromatic N) is 2. The standard InChI is InChI=1S/C16H20F3N3O2S/c1-15(2,3)20-8-11(23)9-24-12-6-4-5-10(7-12)13-14(16(17,18)19)25-22-21-13/h4-7,11,20,23H,8-9H2,1-3H3. The van der Waals surface area contributed by atoms with Crippen LogP contribution in [0.2, 0.25) is 0 Å². The van der Waals surface area contributed by atoms with Gasteiger partial charge in [0.1, 0.15) is 24.2 Å². The molecule has 5 nitrogen and oxygen atoms in total. The number of nitrogens with one attached hydrogen (secondary N) is 1. The van der Waals surface area contributed by atoms with E-state index in [1.807, 2.05) is 20.8 Å². The predicted molar refractivity (Wildman–Crippen MR) is 89.6 cm³/mol. The van der Waals surface area contributed by atoms with Gasteiger partial charge in [-0.3, -0.25) is 0 Å². The van der Waals surface area contributed by atoms with Gasteiger partial charge in [-0.05, 0) is 44.4 Å². The van der Waals surface area contributed by atoms with Crippen molar-refractivity contribution in [1.29, 1.82) is 0 Å². The van der Waals surface area contributed by atoms with Crippen molar-refractivity contribution in [3.63, 3.8) is 0 Å². The number of benzene rings is 1. The highest BCUT2D eigenvalue weighted by molar-refractivity contribution is 7.06. The summed E-state index contributed by atoms with van der Waals surface area (Å²) in [5, 5.41) is 16.6. The lowest BCUT2D eigenvalue weighted by Crippen LogP contribution is -2.42. The van der Waals surface area contributed by atoms with E-state index in [1.165, 1.54) is 12.1 Å². The highest BCUT2D eigenvalue weighted by Gasteiger charge is 2.37. The normalized spacial score (nSPS) is 13.7. The SMILES string of the molecule is CC(C)(C)NCC(O)COc1cccc(-c2nnsc2C(F)(F)F)c1. The average molecular weight is 375 g/mol. The molecule has 0 radical (unpaired) electrons. The van der Waals surface area contributed by atoms with Crippen molar-refractivity contribution in [2.75, 3.05) is 13.2 Å². The Balaban J connectivity index is 2.04. The van der Waals surface area contributed by atoms with Crippen LogP contribution in [0.5, 0.6) is 5.75 Å². The zero-order chi connectivity index (χ0) is 18.7. The first-order chi connectivity index (χ1) is 11.6. The summed E-state index contributed by atoms with van der Waals surface area (Å²) in [7, 11) is 0. The minimum Gasteiger partial charge on any atom is -0.491 e. The third-order valence-electron chi connectivity index (χ3n) is 3.16. The maximum atomic E-state index is 13.0. The maximum Gasteiger partial charge on any atom is 0.429 e. The molecule has 0 fully saturated rings. The van der Waals surface area contributed by atoms with Crippen LogP contribution < -0.4 is 10.1 Å². The van der Waals surface area contributed by atoms with Gasteiger partial charge < -0.3 is 15.2 Å². The van der Waals surface area contributed by atoms with E-state index in [0.717, 1.165) is 0 Å². The third-order valence-corrected chi connectivity index (χ3v) is 3.93. The van der Waals surface area contributed by atoms with Gasteiger partial charge in [0, 0.05) is 17.6 Å². The van der Waals surface area contributed by atoms with Crippen LogP contribution in [0.15, 0.2) is 24.3 Å². The molecule has 138 valence electrons. The van der Waals surface area contributed by atoms with E-state index in [-0.39, 0.29) is 23.4 Å². The summed E-state index contributed by atoms with van der Waals surface area (Å²) in [4.78, 5) is -0.848. The van der Waals surface area contributed by atoms with Crippen LogP contribution in [0.3, 0.4) is 0 Å². The number of alkyl halides is 3. The molecule has 1 aromatic carbocycles. The van der Waals surface area contributed by atoms with Crippen molar-refractivity contribution >= 4 is 11.5 Å². The molecule has 0 spiro atoms. The summed E-state index contributed by atoms with van der Waals surface area (Å²) in [5.74, 6) is 0.355. The van der Waals surface area contributed by atoms with E-state index in [2.05, 4.69) is 14.9 Å². The second-order valence-electron chi connectivity index (χ2n) is 6.57. The van der Waals surface area contributed by atoms with Crippen LogP contribution >= 0.6 is 11.5 Å². The first-order valence-corrected chi connectivity index (χ1v) is 8.39. The van der Waals surface area contributed by atoms with Gasteiger partial charge in [0.05, 0.1) is 0 Å². The molecule has 0 amide bonds. The molecule has 0 aliphatic heterocycles. The third kappa shape index (κ3) is 5.94. The van der Waals surface area contributed by atoms with E-state index in [0.29, 0.717) is 23.8 Å². The lowest BCUT2D eigenvalue weighted by molar-refractivity contribution is -0.134. The number of aliphatic hydroxyl groups excluding tert-OH is 1. The Hall–Kier alpha value is -1.71. The van der Waals surface area contributed by atoms with Crippen molar-refractivity contribution in [1.82, 2.24) is 14.9 Å². The molecule has 9 heteroatoms. The molecule has 0 aliphatic carbocycles. The molecule has 1 heterocycles. The topological polar surface area (TPSA) is 67.3 Å². The Kier molecular flexibility index (Phi) is 6.02. The van der Waals surface area contributed by atoms with Crippen molar-refractivity contribution in [2.45, 2.75) is 38.6 Å². The molecule has 2 rings (SSSR count). The van der Waals surface area contributed by atoms with Crippen molar-refractivity contribution in [2.24, 2.45) is 0 Å². The second-order valence-corrected chi connectivity index (χ2v) is 7.33. The van der Waals surface area contributed by atoms with Crippen LogP contribution in [0.1, 0.15) is 25.6 Å². The van der Waals surface area contributed by atoms with Gasteiger partial charge in [-0.2, -0.15) is 13.2 Å². The van der Waals surface area contributed by atoms with Gasteiger partial charge in [0.2, 0.25) is 0 Å². The second kappa shape index (κ2) is 7.67. The molecule has 2 aromatic rings. The molecular weight excluding hydrogens is 355 g/mol. The van der Waals surface area contributed by atoms with Gasteiger partial charge in [-0.15, -0.1) is 5.10 Å². The van der Waals surface area contributed by atoms with Crippen LogP contribution in [-0.2, 0) is 6.18 Å². The molecule has 1 unspecified atom stereocenters. The minimum atomic E-state index is -4.50. The Morgan fingerprint density at radius 2 is 2.00 bits per heavy atom. The summed E-state index contributed by atoms with van der Waals surface area (Å²) in [5.41, 5.74) is -0.0919. The summed E-state index contributed by atoms with van der Waals surface area (Å²) in [6.45, 7) is 6.30. The highest BCUT2D eigenvalue weighted by atomic mass is 32.1. The molecule has 0 saturated carbocycles. The van der Waals surface area contributed by atoms with Gasteiger partial charge in [0.15, 0.2) is 4.88 Å². The highest BCUT2D eigenvalue weighted by Crippen LogP contribution is 2.38. The quantitative estimate of drug-likeness (QED) is 0.811. The zero-order valence-electron chi connectivity index (χ0n) is 14.1. The van der Waals surface area contributed by atoms with E-state index < -0.39 is 17.2 Å². The fourth-order valence-corrected chi connectivity index (χ4v) is 2.53. The van der Waals surface area contributed by atoms with Crippen molar-refractivity contribution in [3.8, 4) is 17.0 Å². The fourth-order valence-electron chi connectivity index (χ4n) is 1.97. The Labute approximate surface area is 148 Å². The molecular formula is C16H20F3N3O2S. The van der Waals surface area contributed by atoms with Gasteiger partial charge in [-0.1, -0.05) is 16.6 Å². The van der Waals surface area contributed by atoms with Crippen molar-refractivity contribution < 1.29 is 23.0 Å². The van der Waals surface area contributed by atoms with Crippen molar-refractivity contribution in [3.05, 3.63) is 29.1 Å². The fraction of sp³-hybridized carbons (Fsp3) is 0.500. The summed E-state index contributed by atoms with van der Waals surface area (Å²) in [6, 6.07) is 6.15. The smallest absolute Gasteiger partial charge is 0.429 e. The number of aliphatic hydroxyl groups is 1. The number of rotatable bonds is 6. The number of β-amino-alcohol motifs (C(OH)–C–C–N with tert-alkyl or cyclic N) is 1. The van der Waals surface area contributed by atoms with E-state index in [9.17, 15) is 18.3 Å². The number of hydrogen-bond acceptors (Lipinski definition) is 6. The first-order valence-electron chi connectivity index (χ1n) is 7.62. The number of hydrogen-bond donors (Lipinski definition) is 2. The monoisotopic (exact) mass is 375 g/mol. The summed E-state index contributed by atoms with van der Waals surface area (Å²) >= 11 is 0.309. The molecule has 25 heavy (non-hydrogen) atoms. The molecule has 2 N–H and O–H groups in total. The first kappa shape index (κ1) is 19.6. The zero-order valence-corrected chi connectivity index (χ0v) is 14.9. The minimum absolute atomic E-state index is 0.0218. The summed E-state index contributed by atoms with van der Waals surface area (Å²) in [6.07, 6.45) is -5.25. The van der Waals surface area contributed by atoms with Crippen LogP contribution in [0.4, 0.5) is 13.2 Å². The Morgan fingerprint density at radius 3 is 2.64 bits per heavy atom. The molecule has 0 bridgehead atoms. The Bertz CT molecular complexity index is 698. The number of aromatic nitrogens is 2. The predicted octanol–water partition coefficient (Wildman–Crippen LogP) is 3.35.